The molecule has 27 heavy (non-hydrogen) atoms. The molecule has 0 fully saturated rings. The molecule has 0 unspecified atom stereocenters. The van der Waals surface area contributed by atoms with Crippen LogP contribution < -0.4 is 20.1 Å². The van der Waals surface area contributed by atoms with Crippen molar-refractivity contribution in [3.63, 3.8) is 0 Å². The fourth-order valence-corrected chi connectivity index (χ4v) is 2.44. The summed E-state index contributed by atoms with van der Waals surface area (Å²) in [5.74, 6) is 1.56. The van der Waals surface area contributed by atoms with Crippen LogP contribution in [0.2, 0.25) is 5.02 Å². The minimum atomic E-state index is -0.330. The van der Waals surface area contributed by atoms with E-state index in [0.29, 0.717) is 33.7 Å². The lowest BCUT2D eigenvalue weighted by molar-refractivity contribution is 0.102. The van der Waals surface area contributed by atoms with Crippen molar-refractivity contribution >= 4 is 34.8 Å². The second kappa shape index (κ2) is 8.37. The van der Waals surface area contributed by atoms with Crippen LogP contribution in [0, 0.1) is 0 Å². The molecule has 0 aliphatic heterocycles. The number of ether oxygens (including phenoxy) is 2. The molecule has 2 N–H and O–H groups in total. The Balaban J connectivity index is 1.67. The molecule has 8 heteroatoms. The van der Waals surface area contributed by atoms with Crippen molar-refractivity contribution in [3.05, 3.63) is 65.2 Å². The van der Waals surface area contributed by atoms with Crippen molar-refractivity contribution in [1.29, 1.82) is 0 Å². The third-order valence-electron chi connectivity index (χ3n) is 3.67. The summed E-state index contributed by atoms with van der Waals surface area (Å²) in [6.07, 6.45) is 0. The first-order chi connectivity index (χ1) is 13.1. The quantitative estimate of drug-likeness (QED) is 0.664. The number of carbonyl (C=O) groups excluding carboxylic acids is 1. The van der Waals surface area contributed by atoms with Crippen molar-refractivity contribution in [3.8, 4) is 11.5 Å². The monoisotopic (exact) mass is 384 g/mol. The van der Waals surface area contributed by atoms with Gasteiger partial charge in [-0.15, -0.1) is 10.2 Å². The van der Waals surface area contributed by atoms with E-state index in [-0.39, 0.29) is 5.91 Å². The Kier molecular flexibility index (Phi) is 5.73. The molecule has 0 atom stereocenters. The van der Waals surface area contributed by atoms with Gasteiger partial charge in [0.05, 0.1) is 14.2 Å². The summed E-state index contributed by atoms with van der Waals surface area (Å²) in [6.45, 7) is 0. The first kappa shape index (κ1) is 18.5. The number of carbonyl (C=O) groups is 1. The van der Waals surface area contributed by atoms with Crippen molar-refractivity contribution in [2.24, 2.45) is 0 Å². The number of aromatic nitrogens is 2. The van der Waals surface area contributed by atoms with Crippen molar-refractivity contribution in [2.45, 2.75) is 0 Å². The minimum absolute atomic E-state index is 0.330. The maximum atomic E-state index is 12.4. The number of benzene rings is 2. The average Bonchev–Trinajstić information content (AvgIpc) is 2.70. The lowest BCUT2D eigenvalue weighted by Gasteiger charge is -2.10. The van der Waals surface area contributed by atoms with Gasteiger partial charge in [0.15, 0.2) is 23.1 Å². The maximum Gasteiger partial charge on any atom is 0.257 e. The first-order valence-electron chi connectivity index (χ1n) is 7.99. The molecule has 0 saturated heterocycles. The molecule has 2 aromatic carbocycles. The molecule has 1 heterocycles. The van der Waals surface area contributed by atoms with E-state index in [2.05, 4.69) is 20.8 Å². The minimum Gasteiger partial charge on any atom is -0.493 e. The molecule has 138 valence electrons. The number of amides is 1. The fourth-order valence-electron chi connectivity index (χ4n) is 2.31. The van der Waals surface area contributed by atoms with Gasteiger partial charge in [0.2, 0.25) is 0 Å². The zero-order valence-electron chi connectivity index (χ0n) is 14.7. The normalized spacial score (nSPS) is 10.2. The van der Waals surface area contributed by atoms with Gasteiger partial charge in [0.25, 0.3) is 5.91 Å². The van der Waals surface area contributed by atoms with Crippen molar-refractivity contribution in [2.75, 3.05) is 24.9 Å². The third-order valence-corrected chi connectivity index (χ3v) is 3.92. The number of anilines is 3. The molecular weight excluding hydrogens is 368 g/mol. The zero-order chi connectivity index (χ0) is 19.2. The van der Waals surface area contributed by atoms with Crippen LogP contribution in [-0.4, -0.2) is 30.3 Å². The molecule has 1 aromatic heterocycles. The van der Waals surface area contributed by atoms with E-state index in [4.69, 9.17) is 21.1 Å². The first-order valence-corrected chi connectivity index (χ1v) is 8.36. The van der Waals surface area contributed by atoms with Crippen LogP contribution in [0.15, 0.2) is 54.6 Å². The van der Waals surface area contributed by atoms with E-state index in [1.807, 2.05) is 12.1 Å². The maximum absolute atomic E-state index is 12.4. The largest absolute Gasteiger partial charge is 0.493 e. The highest BCUT2D eigenvalue weighted by Crippen LogP contribution is 2.27. The Morgan fingerprint density at radius 3 is 2.19 bits per heavy atom. The Hall–Kier alpha value is -3.32. The van der Waals surface area contributed by atoms with Crippen molar-refractivity contribution < 1.29 is 14.3 Å². The highest BCUT2D eigenvalue weighted by Gasteiger charge is 2.12. The highest BCUT2D eigenvalue weighted by molar-refractivity contribution is 6.30. The lowest BCUT2D eigenvalue weighted by atomic mass is 10.2. The van der Waals surface area contributed by atoms with E-state index in [0.717, 1.165) is 5.69 Å². The van der Waals surface area contributed by atoms with Gasteiger partial charge in [-0.2, -0.15) is 0 Å². The molecule has 7 nitrogen and oxygen atoms in total. The van der Waals surface area contributed by atoms with E-state index < -0.39 is 0 Å². The summed E-state index contributed by atoms with van der Waals surface area (Å²) in [4.78, 5) is 12.4. The fraction of sp³-hybridized carbons (Fsp3) is 0.105. The van der Waals surface area contributed by atoms with Gasteiger partial charge in [0, 0.05) is 16.3 Å². The molecular formula is C19H17ClN4O3. The second-order valence-electron chi connectivity index (χ2n) is 5.46. The highest BCUT2D eigenvalue weighted by atomic mass is 35.5. The summed E-state index contributed by atoms with van der Waals surface area (Å²) in [7, 11) is 3.05. The van der Waals surface area contributed by atoms with Crippen LogP contribution in [0.4, 0.5) is 17.3 Å². The van der Waals surface area contributed by atoms with Gasteiger partial charge < -0.3 is 20.1 Å². The Labute approximate surface area is 161 Å². The molecule has 0 spiro atoms. The Morgan fingerprint density at radius 2 is 1.56 bits per heavy atom. The molecule has 3 rings (SSSR count). The molecule has 0 aliphatic rings. The smallest absolute Gasteiger partial charge is 0.257 e. The summed E-state index contributed by atoms with van der Waals surface area (Å²) in [5, 5.41) is 14.5. The number of nitrogens with one attached hydrogen (secondary N) is 2. The van der Waals surface area contributed by atoms with Gasteiger partial charge in [-0.3, -0.25) is 4.79 Å². The predicted molar refractivity (Wildman–Crippen MR) is 104 cm³/mol. The average molecular weight is 385 g/mol. The Morgan fingerprint density at radius 1 is 0.889 bits per heavy atom. The van der Waals surface area contributed by atoms with E-state index in [1.54, 1.807) is 42.5 Å². The number of nitrogens with zero attached hydrogens (tertiary/aromatic N) is 2. The molecule has 3 aromatic rings. The zero-order valence-corrected chi connectivity index (χ0v) is 15.4. The topological polar surface area (TPSA) is 85.4 Å². The molecule has 0 aliphatic carbocycles. The van der Waals surface area contributed by atoms with Gasteiger partial charge in [-0.1, -0.05) is 11.6 Å². The van der Waals surface area contributed by atoms with E-state index >= 15 is 0 Å². The van der Waals surface area contributed by atoms with Crippen LogP contribution >= 0.6 is 11.6 Å². The van der Waals surface area contributed by atoms with Crippen LogP contribution in [0.25, 0.3) is 0 Å². The van der Waals surface area contributed by atoms with Crippen LogP contribution in [-0.2, 0) is 0 Å². The lowest BCUT2D eigenvalue weighted by Crippen LogP contribution is -2.13. The molecule has 1 amide bonds. The van der Waals surface area contributed by atoms with Gasteiger partial charge in [0.1, 0.15) is 0 Å². The summed E-state index contributed by atoms with van der Waals surface area (Å²) in [6, 6.07) is 15.5. The van der Waals surface area contributed by atoms with Crippen LogP contribution in [0.3, 0.4) is 0 Å². The molecule has 0 bridgehead atoms. The number of halogens is 1. The van der Waals surface area contributed by atoms with E-state index in [9.17, 15) is 4.79 Å². The number of rotatable bonds is 6. The van der Waals surface area contributed by atoms with Crippen LogP contribution in [0.1, 0.15) is 10.4 Å². The number of methoxy groups -OCH3 is 2. The van der Waals surface area contributed by atoms with Crippen LogP contribution in [0.5, 0.6) is 11.5 Å². The van der Waals surface area contributed by atoms with Gasteiger partial charge in [-0.05, 0) is 54.6 Å². The summed E-state index contributed by atoms with van der Waals surface area (Å²) < 4.78 is 10.4. The predicted octanol–water partition coefficient (Wildman–Crippen LogP) is 4.14. The summed E-state index contributed by atoms with van der Waals surface area (Å²) >= 11 is 5.86. The second-order valence-corrected chi connectivity index (χ2v) is 5.90. The number of hydrogen-bond acceptors (Lipinski definition) is 6. The van der Waals surface area contributed by atoms with Crippen molar-refractivity contribution in [1.82, 2.24) is 10.2 Å². The standard InChI is InChI=1S/C19H17ClN4O3/c1-26-15-8-3-12(11-16(15)27-2)19(25)22-18-10-9-17(23-24-18)21-14-6-4-13(20)5-7-14/h3-11H,1-2H3,(H,21,23)(H,22,24,25). The Bertz CT molecular complexity index is 931. The molecule has 0 radical (unpaired) electrons. The van der Waals surface area contributed by atoms with Gasteiger partial charge >= 0.3 is 0 Å². The number of hydrogen-bond donors (Lipinski definition) is 2. The third kappa shape index (κ3) is 4.65. The summed E-state index contributed by atoms with van der Waals surface area (Å²) in [5.41, 5.74) is 1.24. The van der Waals surface area contributed by atoms with Gasteiger partial charge in [-0.25, -0.2) is 0 Å². The SMILES string of the molecule is COc1ccc(C(=O)Nc2ccc(Nc3ccc(Cl)cc3)nn2)cc1OC. The van der Waals surface area contributed by atoms with E-state index in [1.165, 1.54) is 14.2 Å². The molecule has 0 saturated carbocycles.